The molecule has 1 heterocycles. The van der Waals surface area contributed by atoms with Gasteiger partial charge in [0.1, 0.15) is 24.4 Å². The minimum absolute atomic E-state index is 0.231. The van der Waals surface area contributed by atoms with Crippen molar-refractivity contribution >= 4 is 40.5 Å². The number of anilines is 1. The molecule has 0 saturated carbocycles. The lowest BCUT2D eigenvalue weighted by Crippen LogP contribution is -2.63. The summed E-state index contributed by atoms with van der Waals surface area (Å²) in [7, 11) is 0. The van der Waals surface area contributed by atoms with E-state index in [0.29, 0.717) is 10.7 Å². The molecule has 1 saturated heterocycles. The fraction of sp³-hybridized carbons (Fsp3) is 0.500. The van der Waals surface area contributed by atoms with E-state index in [2.05, 4.69) is 10.9 Å². The molecule has 0 bridgehead atoms. The van der Waals surface area contributed by atoms with Gasteiger partial charge >= 0.3 is 0 Å². The molecule has 1 aromatic rings. The number of aliphatic hydroxyl groups excluding tert-OH is 4. The van der Waals surface area contributed by atoms with Gasteiger partial charge in [-0.05, 0) is 12.1 Å². The fourth-order valence-corrected chi connectivity index (χ4v) is 2.94. The van der Waals surface area contributed by atoms with Gasteiger partial charge in [0.05, 0.1) is 22.3 Å². The first-order valence-electron chi connectivity index (χ1n) is 6.31. The van der Waals surface area contributed by atoms with E-state index >= 15 is 0 Å². The quantitative estimate of drug-likeness (QED) is 0.422. The maximum Gasteiger partial charge on any atom is 0.153 e. The van der Waals surface area contributed by atoms with E-state index in [9.17, 15) is 15.3 Å². The van der Waals surface area contributed by atoms with Crippen molar-refractivity contribution in [2.75, 3.05) is 12.0 Å². The van der Waals surface area contributed by atoms with Crippen LogP contribution in [0.3, 0.4) is 0 Å². The molecular formula is C12H15Cl3N2O5. The first-order chi connectivity index (χ1) is 10.3. The zero-order chi connectivity index (χ0) is 16.4. The van der Waals surface area contributed by atoms with Gasteiger partial charge in [-0.25, -0.2) is 5.43 Å². The third-order valence-corrected chi connectivity index (χ3v) is 4.05. The molecule has 5 atom stereocenters. The number of hydrazine groups is 1. The number of benzene rings is 1. The summed E-state index contributed by atoms with van der Waals surface area (Å²) in [6, 6.07) is 2.93. The Morgan fingerprint density at radius 3 is 2.14 bits per heavy atom. The van der Waals surface area contributed by atoms with Crippen LogP contribution in [0.2, 0.25) is 15.1 Å². The van der Waals surface area contributed by atoms with Crippen LogP contribution in [-0.4, -0.2) is 57.7 Å². The Morgan fingerprint density at radius 2 is 1.59 bits per heavy atom. The van der Waals surface area contributed by atoms with E-state index < -0.39 is 37.3 Å². The number of hydrogen-bond donors (Lipinski definition) is 6. The summed E-state index contributed by atoms with van der Waals surface area (Å²) in [5, 5.41) is 39.2. The fourth-order valence-electron chi connectivity index (χ4n) is 2.03. The van der Waals surface area contributed by atoms with E-state index in [0.717, 1.165) is 0 Å². The lowest BCUT2D eigenvalue weighted by molar-refractivity contribution is -0.235. The predicted octanol–water partition coefficient (Wildman–Crippen LogP) is 0.363. The van der Waals surface area contributed by atoms with Gasteiger partial charge in [-0.3, -0.25) is 0 Å². The Balaban J connectivity index is 2.08. The van der Waals surface area contributed by atoms with Crippen molar-refractivity contribution in [3.63, 3.8) is 0 Å². The van der Waals surface area contributed by atoms with Crippen LogP contribution in [0.25, 0.3) is 0 Å². The highest BCUT2D eigenvalue weighted by Crippen LogP contribution is 2.33. The van der Waals surface area contributed by atoms with E-state index in [-0.39, 0.29) is 10.0 Å². The third-order valence-electron chi connectivity index (χ3n) is 3.24. The topological polar surface area (TPSA) is 114 Å². The average Bonchev–Trinajstić information content (AvgIpc) is 2.46. The highest BCUT2D eigenvalue weighted by molar-refractivity contribution is 6.41. The summed E-state index contributed by atoms with van der Waals surface area (Å²) in [6.45, 7) is -0.522. The molecule has 0 unspecified atom stereocenters. The Kier molecular flexibility index (Phi) is 6.12. The lowest BCUT2D eigenvalue weighted by Gasteiger charge is -2.40. The molecule has 0 aliphatic carbocycles. The van der Waals surface area contributed by atoms with Gasteiger partial charge in [0.2, 0.25) is 0 Å². The molecule has 0 amide bonds. The number of halogens is 3. The minimum atomic E-state index is -1.48. The second-order valence-corrected chi connectivity index (χ2v) is 6.01. The van der Waals surface area contributed by atoms with Crippen molar-refractivity contribution in [1.29, 1.82) is 0 Å². The summed E-state index contributed by atoms with van der Waals surface area (Å²) in [5.41, 5.74) is 5.54. The van der Waals surface area contributed by atoms with Gasteiger partial charge in [-0.2, -0.15) is 0 Å². The van der Waals surface area contributed by atoms with Crippen molar-refractivity contribution < 1.29 is 25.2 Å². The van der Waals surface area contributed by atoms with Gasteiger partial charge in [-0.15, -0.1) is 0 Å². The van der Waals surface area contributed by atoms with Crippen LogP contribution >= 0.6 is 34.8 Å². The van der Waals surface area contributed by atoms with Crippen molar-refractivity contribution in [3.05, 3.63) is 27.2 Å². The summed E-state index contributed by atoms with van der Waals surface area (Å²) in [4.78, 5) is 0. The molecule has 1 aliphatic heterocycles. The highest BCUT2D eigenvalue weighted by atomic mass is 35.5. The van der Waals surface area contributed by atoms with Crippen LogP contribution < -0.4 is 10.9 Å². The molecule has 0 radical (unpaired) electrons. The average molecular weight is 374 g/mol. The first-order valence-corrected chi connectivity index (χ1v) is 7.45. The molecule has 0 spiro atoms. The van der Waals surface area contributed by atoms with Crippen molar-refractivity contribution in [2.24, 2.45) is 0 Å². The number of nitrogens with one attached hydrogen (secondary N) is 2. The Morgan fingerprint density at radius 1 is 1.00 bits per heavy atom. The number of ether oxygens (including phenoxy) is 1. The molecule has 1 fully saturated rings. The maximum absolute atomic E-state index is 9.88. The summed E-state index contributed by atoms with van der Waals surface area (Å²) in [5.74, 6) is 0. The normalized spacial score (nSPS) is 32.0. The second-order valence-electron chi connectivity index (χ2n) is 4.76. The monoisotopic (exact) mass is 372 g/mol. The lowest BCUT2D eigenvalue weighted by atomic mass is 9.99. The zero-order valence-electron chi connectivity index (χ0n) is 11.1. The molecule has 10 heteroatoms. The largest absolute Gasteiger partial charge is 0.394 e. The Labute approximate surface area is 141 Å². The van der Waals surface area contributed by atoms with Crippen molar-refractivity contribution in [3.8, 4) is 0 Å². The standard InChI is InChI=1S/C12H15Cl3N2O5/c13-4-1-5(14)8(6(15)2-4)16-17-12-11(21)10(20)9(19)7(3-18)22-12/h1-2,7,9-12,16-21H,3H2/t7-,9-,10+,11-,12-/m1/s1. The molecule has 1 aromatic carbocycles. The predicted molar refractivity (Wildman–Crippen MR) is 82.0 cm³/mol. The van der Waals surface area contributed by atoms with Crippen LogP contribution in [-0.2, 0) is 4.74 Å². The maximum atomic E-state index is 9.88. The van der Waals surface area contributed by atoms with E-state index in [1.54, 1.807) is 0 Å². The zero-order valence-corrected chi connectivity index (χ0v) is 13.3. The first kappa shape index (κ1) is 18.0. The molecule has 124 valence electrons. The van der Waals surface area contributed by atoms with Gasteiger partial charge in [-0.1, -0.05) is 34.8 Å². The summed E-state index contributed by atoms with van der Waals surface area (Å²) in [6.07, 6.45) is -6.48. The summed E-state index contributed by atoms with van der Waals surface area (Å²) >= 11 is 17.8. The number of hydrogen-bond acceptors (Lipinski definition) is 7. The van der Waals surface area contributed by atoms with Gasteiger partial charge in [0, 0.05) is 5.02 Å². The highest BCUT2D eigenvalue weighted by Gasteiger charge is 2.43. The third kappa shape index (κ3) is 3.76. The van der Waals surface area contributed by atoms with Gasteiger partial charge < -0.3 is 30.6 Å². The van der Waals surface area contributed by atoms with Gasteiger partial charge in [0.15, 0.2) is 6.23 Å². The molecule has 0 aromatic heterocycles. The van der Waals surface area contributed by atoms with Crippen LogP contribution in [0.5, 0.6) is 0 Å². The van der Waals surface area contributed by atoms with Crippen molar-refractivity contribution in [2.45, 2.75) is 30.6 Å². The van der Waals surface area contributed by atoms with E-state index in [1.807, 2.05) is 0 Å². The Hall–Kier alpha value is -0.350. The van der Waals surface area contributed by atoms with Crippen molar-refractivity contribution in [1.82, 2.24) is 5.43 Å². The second kappa shape index (κ2) is 7.48. The SMILES string of the molecule is OC[C@H]1O[C@@H](NNc2c(Cl)cc(Cl)cc2Cl)[C@H](O)[C@@H](O)[C@@H]1O. The molecule has 2 rings (SSSR count). The molecule has 22 heavy (non-hydrogen) atoms. The van der Waals surface area contributed by atoms with Gasteiger partial charge in [0.25, 0.3) is 0 Å². The van der Waals surface area contributed by atoms with Crippen LogP contribution in [0.15, 0.2) is 12.1 Å². The number of aliphatic hydroxyl groups is 4. The van der Waals surface area contributed by atoms with E-state index in [1.165, 1.54) is 12.1 Å². The van der Waals surface area contributed by atoms with Crippen LogP contribution in [0, 0.1) is 0 Å². The Bertz CT molecular complexity index is 510. The summed E-state index contributed by atoms with van der Waals surface area (Å²) < 4.78 is 5.26. The molecular weight excluding hydrogens is 359 g/mol. The number of rotatable bonds is 4. The molecule has 6 N–H and O–H groups in total. The smallest absolute Gasteiger partial charge is 0.153 e. The molecule has 7 nitrogen and oxygen atoms in total. The minimum Gasteiger partial charge on any atom is -0.394 e. The van der Waals surface area contributed by atoms with Crippen LogP contribution in [0.4, 0.5) is 5.69 Å². The van der Waals surface area contributed by atoms with Crippen LogP contribution in [0.1, 0.15) is 0 Å². The molecule has 1 aliphatic rings. The van der Waals surface area contributed by atoms with E-state index in [4.69, 9.17) is 44.6 Å².